The molecule has 0 heterocycles. The number of methoxy groups -OCH3 is 1. The number of ether oxygens (including phenoxy) is 1. The van der Waals surface area contributed by atoms with E-state index in [2.05, 4.69) is 0 Å². The summed E-state index contributed by atoms with van der Waals surface area (Å²) in [4.78, 5) is 0. The van der Waals surface area contributed by atoms with Gasteiger partial charge in [-0.15, -0.1) is 12.4 Å². The predicted molar refractivity (Wildman–Crippen MR) is 57.7 cm³/mol. The first-order chi connectivity index (χ1) is 7.06. The van der Waals surface area contributed by atoms with E-state index in [1.165, 1.54) is 25.3 Å². The molecule has 1 atom stereocenters. The van der Waals surface area contributed by atoms with Gasteiger partial charge in [0.2, 0.25) is 6.43 Å². The minimum absolute atomic E-state index is 0. The molecule has 2 nitrogen and oxygen atoms in total. The SMILES string of the molecule is COc1cccc([C@@H](N)CC(F)F)c1F.Cl. The van der Waals surface area contributed by atoms with Gasteiger partial charge in [-0.1, -0.05) is 12.1 Å². The summed E-state index contributed by atoms with van der Waals surface area (Å²) in [5.74, 6) is -0.662. The van der Waals surface area contributed by atoms with Crippen LogP contribution in [-0.4, -0.2) is 13.5 Å². The molecular weight excluding hydrogens is 243 g/mol. The van der Waals surface area contributed by atoms with E-state index in [9.17, 15) is 13.2 Å². The van der Waals surface area contributed by atoms with Crippen molar-refractivity contribution < 1.29 is 17.9 Å². The highest BCUT2D eigenvalue weighted by atomic mass is 35.5. The maximum atomic E-state index is 13.5. The number of halogens is 4. The van der Waals surface area contributed by atoms with Crippen molar-refractivity contribution in [1.29, 1.82) is 0 Å². The molecule has 0 aliphatic heterocycles. The van der Waals surface area contributed by atoms with E-state index >= 15 is 0 Å². The zero-order valence-electron chi connectivity index (χ0n) is 8.62. The molecule has 0 aliphatic rings. The molecule has 0 aromatic heterocycles. The Morgan fingerprint density at radius 1 is 1.38 bits per heavy atom. The number of benzene rings is 1. The first-order valence-electron chi connectivity index (χ1n) is 4.42. The predicted octanol–water partition coefficient (Wildman–Crippen LogP) is 2.91. The summed E-state index contributed by atoms with van der Waals surface area (Å²) in [6.07, 6.45) is -3.12. The van der Waals surface area contributed by atoms with E-state index in [1.54, 1.807) is 0 Å². The van der Waals surface area contributed by atoms with Crippen molar-refractivity contribution in [3.63, 3.8) is 0 Å². The molecule has 92 valence electrons. The van der Waals surface area contributed by atoms with Crippen molar-refractivity contribution in [3.05, 3.63) is 29.6 Å². The third-order valence-corrected chi connectivity index (χ3v) is 2.04. The van der Waals surface area contributed by atoms with E-state index in [0.29, 0.717) is 0 Å². The Labute approximate surface area is 98.0 Å². The molecule has 1 rings (SSSR count). The molecule has 2 N–H and O–H groups in total. The van der Waals surface area contributed by atoms with E-state index in [4.69, 9.17) is 10.5 Å². The minimum atomic E-state index is -2.55. The summed E-state index contributed by atoms with van der Waals surface area (Å²) in [5, 5.41) is 0. The lowest BCUT2D eigenvalue weighted by atomic mass is 10.0. The van der Waals surface area contributed by atoms with Crippen LogP contribution in [0.5, 0.6) is 5.75 Å². The average Bonchev–Trinajstić information content (AvgIpc) is 2.17. The lowest BCUT2D eigenvalue weighted by molar-refractivity contribution is 0.128. The summed E-state index contributed by atoms with van der Waals surface area (Å²) in [6, 6.07) is 3.29. The fourth-order valence-corrected chi connectivity index (χ4v) is 1.29. The van der Waals surface area contributed by atoms with Gasteiger partial charge in [-0.25, -0.2) is 13.2 Å². The van der Waals surface area contributed by atoms with Crippen molar-refractivity contribution >= 4 is 12.4 Å². The van der Waals surface area contributed by atoms with Crippen LogP contribution in [0.15, 0.2) is 18.2 Å². The van der Waals surface area contributed by atoms with Gasteiger partial charge in [0.05, 0.1) is 7.11 Å². The highest BCUT2D eigenvalue weighted by Crippen LogP contribution is 2.26. The summed E-state index contributed by atoms with van der Waals surface area (Å²) >= 11 is 0. The molecule has 0 saturated carbocycles. The Hall–Kier alpha value is -0.940. The van der Waals surface area contributed by atoms with Crippen LogP contribution in [0, 0.1) is 5.82 Å². The van der Waals surface area contributed by atoms with Gasteiger partial charge < -0.3 is 10.5 Å². The van der Waals surface area contributed by atoms with Crippen LogP contribution in [0.25, 0.3) is 0 Å². The third kappa shape index (κ3) is 3.57. The van der Waals surface area contributed by atoms with Crippen LogP contribution in [0.1, 0.15) is 18.0 Å². The molecule has 1 aromatic carbocycles. The van der Waals surface area contributed by atoms with Crippen molar-refractivity contribution in [3.8, 4) is 5.75 Å². The Balaban J connectivity index is 0.00000225. The Kier molecular flexibility index (Phi) is 6.21. The summed E-state index contributed by atoms with van der Waals surface area (Å²) < 4.78 is 42.3. The zero-order chi connectivity index (χ0) is 11.4. The second-order valence-corrected chi connectivity index (χ2v) is 3.10. The van der Waals surface area contributed by atoms with E-state index in [1.807, 2.05) is 0 Å². The monoisotopic (exact) mass is 255 g/mol. The van der Waals surface area contributed by atoms with Crippen LogP contribution in [0.2, 0.25) is 0 Å². The number of hydrogen-bond donors (Lipinski definition) is 1. The smallest absolute Gasteiger partial charge is 0.240 e. The fraction of sp³-hybridized carbons (Fsp3) is 0.400. The molecular formula is C10H13ClF3NO. The standard InChI is InChI=1S/C10H12F3NO.ClH/c1-15-8-4-2-3-6(10(8)13)7(14)5-9(11)12;/h2-4,7,9H,5,14H2,1H3;1H/t7-;/m0./s1. The third-order valence-electron chi connectivity index (χ3n) is 2.04. The number of alkyl halides is 2. The van der Waals surface area contributed by atoms with Gasteiger partial charge in [-0.05, 0) is 6.07 Å². The van der Waals surface area contributed by atoms with Gasteiger partial charge in [0, 0.05) is 18.0 Å². The van der Waals surface area contributed by atoms with Crippen LogP contribution < -0.4 is 10.5 Å². The highest BCUT2D eigenvalue weighted by molar-refractivity contribution is 5.85. The molecule has 0 radical (unpaired) electrons. The van der Waals surface area contributed by atoms with Gasteiger partial charge in [0.15, 0.2) is 11.6 Å². The molecule has 0 fully saturated rings. The number of nitrogens with two attached hydrogens (primary N) is 1. The Bertz CT molecular complexity index is 336. The van der Waals surface area contributed by atoms with Gasteiger partial charge in [0.1, 0.15) is 0 Å². The molecule has 0 spiro atoms. The summed E-state index contributed by atoms with van der Waals surface area (Å²) in [5.41, 5.74) is 5.50. The van der Waals surface area contributed by atoms with Gasteiger partial charge in [-0.2, -0.15) is 0 Å². The first-order valence-corrected chi connectivity index (χ1v) is 4.42. The van der Waals surface area contributed by atoms with Gasteiger partial charge in [0.25, 0.3) is 0 Å². The molecule has 1 aromatic rings. The zero-order valence-corrected chi connectivity index (χ0v) is 9.44. The molecule has 0 amide bonds. The maximum absolute atomic E-state index is 13.5. The molecule has 0 aliphatic carbocycles. The van der Waals surface area contributed by atoms with Crippen molar-refractivity contribution in [2.24, 2.45) is 5.73 Å². The van der Waals surface area contributed by atoms with Crippen molar-refractivity contribution in [1.82, 2.24) is 0 Å². The Morgan fingerprint density at radius 2 is 2.00 bits per heavy atom. The molecule has 0 bridgehead atoms. The summed E-state index contributed by atoms with van der Waals surface area (Å²) in [7, 11) is 1.31. The van der Waals surface area contributed by atoms with Crippen LogP contribution in [0.3, 0.4) is 0 Å². The fourth-order valence-electron chi connectivity index (χ4n) is 1.29. The van der Waals surface area contributed by atoms with E-state index in [-0.39, 0.29) is 23.7 Å². The van der Waals surface area contributed by atoms with Gasteiger partial charge >= 0.3 is 0 Å². The first kappa shape index (κ1) is 15.1. The largest absolute Gasteiger partial charge is 0.494 e. The van der Waals surface area contributed by atoms with Gasteiger partial charge in [-0.3, -0.25) is 0 Å². The number of rotatable bonds is 4. The second-order valence-electron chi connectivity index (χ2n) is 3.10. The molecule has 0 saturated heterocycles. The molecule has 16 heavy (non-hydrogen) atoms. The lowest BCUT2D eigenvalue weighted by Crippen LogP contribution is -2.15. The summed E-state index contributed by atoms with van der Waals surface area (Å²) in [6.45, 7) is 0. The second kappa shape index (κ2) is 6.60. The maximum Gasteiger partial charge on any atom is 0.240 e. The van der Waals surface area contributed by atoms with Crippen molar-refractivity contribution in [2.75, 3.05) is 7.11 Å². The highest BCUT2D eigenvalue weighted by Gasteiger charge is 2.18. The quantitative estimate of drug-likeness (QED) is 0.898. The topological polar surface area (TPSA) is 35.2 Å². The molecule has 6 heteroatoms. The van der Waals surface area contributed by atoms with Crippen LogP contribution in [0.4, 0.5) is 13.2 Å². The number of hydrogen-bond acceptors (Lipinski definition) is 2. The van der Waals surface area contributed by atoms with E-state index < -0.39 is 24.7 Å². The normalized spacial score (nSPS) is 12.1. The molecule has 0 unspecified atom stereocenters. The Morgan fingerprint density at radius 3 is 2.50 bits per heavy atom. The van der Waals surface area contributed by atoms with Crippen LogP contribution in [-0.2, 0) is 0 Å². The average molecular weight is 256 g/mol. The van der Waals surface area contributed by atoms with E-state index in [0.717, 1.165) is 0 Å². The lowest BCUT2D eigenvalue weighted by Gasteiger charge is -2.13. The van der Waals surface area contributed by atoms with Crippen LogP contribution >= 0.6 is 12.4 Å². The van der Waals surface area contributed by atoms with Crippen molar-refractivity contribution in [2.45, 2.75) is 18.9 Å². The minimum Gasteiger partial charge on any atom is -0.494 e.